The molecular weight excluding hydrogens is 190 g/mol. The van der Waals surface area contributed by atoms with Gasteiger partial charge in [-0.25, -0.2) is 0 Å². The van der Waals surface area contributed by atoms with E-state index in [1.807, 2.05) is 0 Å². The molecule has 3 heteroatoms. The second kappa shape index (κ2) is 15.9. The first-order valence-corrected chi connectivity index (χ1v) is 6.02. The lowest BCUT2D eigenvalue weighted by Crippen LogP contribution is -1.97. The Hall–Kier alpha value is -0.570. The third-order valence-corrected chi connectivity index (χ3v) is 1.91. The molecule has 0 aliphatic rings. The molecule has 0 aromatic heterocycles. The molecule has 0 atom stereocenters. The number of esters is 1. The standard InChI is InChI=1S/C8H19N.C4H8O2/c1-2-3-4-5-6-7-8-9;1-3-6-4(2)5/h2-9H2,1H3;3H2,1-2H3. The first kappa shape index (κ1) is 16.8. The maximum Gasteiger partial charge on any atom is 0.302 e. The van der Waals surface area contributed by atoms with Gasteiger partial charge in [-0.2, -0.15) is 0 Å². The van der Waals surface area contributed by atoms with Gasteiger partial charge in [-0.05, 0) is 19.9 Å². The Morgan fingerprint density at radius 2 is 1.60 bits per heavy atom. The molecule has 0 saturated heterocycles. The summed E-state index contributed by atoms with van der Waals surface area (Å²) in [7, 11) is 0. The molecule has 15 heavy (non-hydrogen) atoms. The molecule has 0 aliphatic carbocycles. The summed E-state index contributed by atoms with van der Waals surface area (Å²) in [5, 5.41) is 0. The average Bonchev–Trinajstić information content (AvgIpc) is 2.18. The molecule has 0 spiro atoms. The zero-order chi connectivity index (χ0) is 11.9. The highest BCUT2D eigenvalue weighted by molar-refractivity contribution is 5.65. The Morgan fingerprint density at radius 3 is 1.93 bits per heavy atom. The summed E-state index contributed by atoms with van der Waals surface area (Å²) < 4.78 is 4.40. The molecule has 0 aromatic carbocycles. The molecule has 0 saturated carbocycles. The number of ether oxygens (including phenoxy) is 1. The Kier molecular flexibility index (Phi) is 17.8. The van der Waals surface area contributed by atoms with Crippen LogP contribution >= 0.6 is 0 Å². The molecule has 0 amide bonds. The lowest BCUT2D eigenvalue weighted by Gasteiger charge is -1.96. The van der Waals surface area contributed by atoms with E-state index in [4.69, 9.17) is 5.73 Å². The van der Waals surface area contributed by atoms with Gasteiger partial charge in [-0.3, -0.25) is 4.79 Å². The van der Waals surface area contributed by atoms with Gasteiger partial charge >= 0.3 is 5.97 Å². The second-order valence-electron chi connectivity index (χ2n) is 3.48. The summed E-state index contributed by atoms with van der Waals surface area (Å²) >= 11 is 0. The van der Waals surface area contributed by atoms with Crippen LogP contribution in [-0.2, 0) is 9.53 Å². The summed E-state index contributed by atoms with van der Waals surface area (Å²) in [6, 6.07) is 0. The Bertz CT molecular complexity index is 121. The summed E-state index contributed by atoms with van der Waals surface area (Å²) in [6.07, 6.45) is 8.05. The lowest BCUT2D eigenvalue weighted by molar-refractivity contribution is -0.140. The number of hydrogen-bond donors (Lipinski definition) is 1. The smallest absolute Gasteiger partial charge is 0.302 e. The fourth-order valence-electron chi connectivity index (χ4n) is 1.13. The number of rotatable bonds is 7. The van der Waals surface area contributed by atoms with E-state index in [-0.39, 0.29) is 5.97 Å². The fourth-order valence-corrected chi connectivity index (χ4v) is 1.13. The van der Waals surface area contributed by atoms with Crippen molar-refractivity contribution in [1.82, 2.24) is 0 Å². The molecule has 0 aromatic rings. The first-order chi connectivity index (χ1) is 7.18. The number of carbonyl (C=O) groups excluding carboxylic acids is 1. The number of unbranched alkanes of at least 4 members (excludes halogenated alkanes) is 5. The SMILES string of the molecule is CCCCCCCCN.CCOC(C)=O. The Labute approximate surface area is 94.4 Å². The minimum Gasteiger partial charge on any atom is -0.466 e. The van der Waals surface area contributed by atoms with Crippen molar-refractivity contribution in [3.05, 3.63) is 0 Å². The Balaban J connectivity index is 0. The normalized spacial score (nSPS) is 9.07. The summed E-state index contributed by atoms with van der Waals surface area (Å²) in [5.74, 6) is -0.211. The molecule has 0 bridgehead atoms. The van der Waals surface area contributed by atoms with Crippen molar-refractivity contribution in [2.24, 2.45) is 5.73 Å². The average molecular weight is 217 g/mol. The molecule has 0 radical (unpaired) electrons. The molecule has 0 fully saturated rings. The summed E-state index contributed by atoms with van der Waals surface area (Å²) in [6.45, 7) is 6.76. The van der Waals surface area contributed by atoms with Gasteiger partial charge in [-0.15, -0.1) is 0 Å². The highest BCUT2D eigenvalue weighted by Crippen LogP contribution is 2.03. The van der Waals surface area contributed by atoms with Crippen LogP contribution in [0.3, 0.4) is 0 Å². The van der Waals surface area contributed by atoms with Gasteiger partial charge in [0.1, 0.15) is 0 Å². The minimum atomic E-state index is -0.211. The highest BCUT2D eigenvalue weighted by Gasteiger charge is 1.85. The molecule has 3 nitrogen and oxygen atoms in total. The van der Waals surface area contributed by atoms with E-state index >= 15 is 0 Å². The summed E-state index contributed by atoms with van der Waals surface area (Å²) in [5.41, 5.74) is 5.34. The largest absolute Gasteiger partial charge is 0.466 e. The topological polar surface area (TPSA) is 52.3 Å². The van der Waals surface area contributed by atoms with Crippen molar-refractivity contribution in [2.45, 2.75) is 59.3 Å². The van der Waals surface area contributed by atoms with Crippen molar-refractivity contribution in [2.75, 3.05) is 13.2 Å². The Morgan fingerprint density at radius 1 is 1.07 bits per heavy atom. The van der Waals surface area contributed by atoms with Crippen molar-refractivity contribution >= 4 is 5.97 Å². The molecule has 2 N–H and O–H groups in total. The van der Waals surface area contributed by atoms with E-state index in [9.17, 15) is 4.79 Å². The maximum absolute atomic E-state index is 9.82. The van der Waals surface area contributed by atoms with E-state index in [2.05, 4.69) is 11.7 Å². The van der Waals surface area contributed by atoms with E-state index < -0.39 is 0 Å². The number of nitrogens with two attached hydrogens (primary N) is 1. The monoisotopic (exact) mass is 217 g/mol. The van der Waals surface area contributed by atoms with Gasteiger partial charge in [0.2, 0.25) is 0 Å². The zero-order valence-electron chi connectivity index (χ0n) is 10.6. The number of carbonyl (C=O) groups is 1. The highest BCUT2D eigenvalue weighted by atomic mass is 16.5. The van der Waals surface area contributed by atoms with Crippen molar-refractivity contribution in [3.63, 3.8) is 0 Å². The fraction of sp³-hybridized carbons (Fsp3) is 0.917. The van der Waals surface area contributed by atoms with E-state index in [0.29, 0.717) is 6.61 Å². The van der Waals surface area contributed by atoms with Gasteiger partial charge in [0.05, 0.1) is 6.61 Å². The zero-order valence-corrected chi connectivity index (χ0v) is 10.6. The minimum absolute atomic E-state index is 0.211. The quantitative estimate of drug-likeness (QED) is 0.527. The van der Waals surface area contributed by atoms with Crippen LogP contribution in [0.5, 0.6) is 0 Å². The van der Waals surface area contributed by atoms with Crippen LogP contribution in [-0.4, -0.2) is 19.1 Å². The van der Waals surface area contributed by atoms with Gasteiger partial charge in [0.25, 0.3) is 0 Å². The lowest BCUT2D eigenvalue weighted by atomic mass is 10.1. The van der Waals surface area contributed by atoms with Gasteiger partial charge in [0, 0.05) is 6.92 Å². The maximum atomic E-state index is 9.82. The van der Waals surface area contributed by atoms with Crippen LogP contribution < -0.4 is 5.73 Å². The van der Waals surface area contributed by atoms with Crippen LogP contribution in [0, 0.1) is 0 Å². The molecule has 0 aliphatic heterocycles. The van der Waals surface area contributed by atoms with Crippen LogP contribution in [0.2, 0.25) is 0 Å². The van der Waals surface area contributed by atoms with Gasteiger partial charge < -0.3 is 10.5 Å². The number of hydrogen-bond acceptors (Lipinski definition) is 3. The predicted molar refractivity (Wildman–Crippen MR) is 64.7 cm³/mol. The van der Waals surface area contributed by atoms with Crippen LogP contribution in [0.15, 0.2) is 0 Å². The van der Waals surface area contributed by atoms with Gasteiger partial charge in [-0.1, -0.05) is 39.0 Å². The van der Waals surface area contributed by atoms with Crippen LogP contribution in [0.1, 0.15) is 59.3 Å². The van der Waals surface area contributed by atoms with Crippen molar-refractivity contribution < 1.29 is 9.53 Å². The van der Waals surface area contributed by atoms with E-state index in [0.717, 1.165) is 6.54 Å². The third kappa shape index (κ3) is 24.7. The van der Waals surface area contributed by atoms with Gasteiger partial charge in [0.15, 0.2) is 0 Å². The summed E-state index contributed by atoms with van der Waals surface area (Å²) in [4.78, 5) is 9.82. The molecule has 0 rings (SSSR count). The van der Waals surface area contributed by atoms with Crippen molar-refractivity contribution in [1.29, 1.82) is 0 Å². The molecular formula is C12H27NO2. The first-order valence-electron chi connectivity index (χ1n) is 6.02. The molecule has 92 valence electrons. The van der Waals surface area contributed by atoms with E-state index in [1.54, 1.807) is 6.92 Å². The van der Waals surface area contributed by atoms with Crippen LogP contribution in [0.25, 0.3) is 0 Å². The second-order valence-corrected chi connectivity index (χ2v) is 3.48. The van der Waals surface area contributed by atoms with Crippen LogP contribution in [0.4, 0.5) is 0 Å². The molecule has 0 unspecified atom stereocenters. The predicted octanol–water partition coefficient (Wildman–Crippen LogP) is 2.88. The van der Waals surface area contributed by atoms with Crippen molar-refractivity contribution in [3.8, 4) is 0 Å². The molecule has 0 heterocycles. The third-order valence-electron chi connectivity index (χ3n) is 1.91. The van der Waals surface area contributed by atoms with E-state index in [1.165, 1.54) is 45.4 Å².